The van der Waals surface area contributed by atoms with Gasteiger partial charge in [-0.1, -0.05) is 67.6 Å². The van der Waals surface area contributed by atoms with Gasteiger partial charge < -0.3 is 0 Å². The predicted molar refractivity (Wildman–Crippen MR) is 118 cm³/mol. The monoisotopic (exact) mass is 443 g/mol. The highest BCUT2D eigenvalue weighted by atomic mass is 127. The van der Waals surface area contributed by atoms with Crippen molar-refractivity contribution in [1.29, 1.82) is 0 Å². The van der Waals surface area contributed by atoms with Crippen LogP contribution >= 0.6 is 26.9 Å². The number of allylic oxidation sites excluding steroid dienone is 1. The first kappa shape index (κ1) is 17.4. The maximum atomic E-state index is 2.71. The molecular weight excluding hydrogens is 422 g/mol. The molecule has 0 bridgehead atoms. The Morgan fingerprint density at radius 1 is 0.708 bits per heavy atom. The topological polar surface area (TPSA) is 0 Å². The zero-order chi connectivity index (χ0) is 16.8. The van der Waals surface area contributed by atoms with Crippen molar-refractivity contribution in [3.63, 3.8) is 0 Å². The molecule has 0 heterocycles. The van der Waals surface area contributed by atoms with E-state index in [0.717, 1.165) is 6.42 Å². The Hall–Kier alpha value is -1.44. The normalized spacial score (nSPS) is 11.8. The molecule has 0 spiro atoms. The summed E-state index contributed by atoms with van der Waals surface area (Å²) in [5, 5.41) is 4.23. The SMILES string of the molecule is CC/C=C/c1ccc([P+](I)(c2ccccc2)c2ccccc2)cc1. The minimum atomic E-state index is -1.63. The molecule has 0 saturated carbocycles. The first-order valence-electron chi connectivity index (χ1n) is 8.22. The van der Waals surface area contributed by atoms with Crippen molar-refractivity contribution in [3.05, 3.63) is 96.6 Å². The standard InChI is InChI=1S/C22H21IP/c1-2-3-10-19-15-17-22(18-16-19)24(23,20-11-6-4-7-12-20)21-13-8-5-9-14-21/h3-18H,2H2,1H3/q+1/b10-3+. The third-order valence-electron chi connectivity index (χ3n) is 4.02. The molecule has 0 nitrogen and oxygen atoms in total. The van der Waals surface area contributed by atoms with Gasteiger partial charge in [-0.05, 0) is 48.4 Å². The van der Waals surface area contributed by atoms with Crippen LogP contribution in [-0.4, -0.2) is 0 Å². The van der Waals surface area contributed by atoms with Gasteiger partial charge in [-0.15, -0.1) is 0 Å². The number of rotatable bonds is 5. The lowest BCUT2D eigenvalue weighted by Gasteiger charge is -2.20. The van der Waals surface area contributed by atoms with Crippen LogP contribution in [0.1, 0.15) is 18.9 Å². The van der Waals surface area contributed by atoms with Gasteiger partial charge in [0.1, 0.15) is 15.9 Å². The summed E-state index contributed by atoms with van der Waals surface area (Å²) in [5.41, 5.74) is 1.27. The predicted octanol–water partition coefficient (Wildman–Crippen LogP) is 5.75. The third kappa shape index (κ3) is 3.63. The van der Waals surface area contributed by atoms with Crippen LogP contribution in [0.5, 0.6) is 0 Å². The molecule has 0 aliphatic carbocycles. The summed E-state index contributed by atoms with van der Waals surface area (Å²) in [6.45, 7) is 2.16. The summed E-state index contributed by atoms with van der Waals surface area (Å²) in [5.74, 6) is 0. The summed E-state index contributed by atoms with van der Waals surface area (Å²) >= 11 is 2.71. The van der Waals surface area contributed by atoms with Crippen LogP contribution < -0.4 is 15.9 Å². The highest BCUT2D eigenvalue weighted by Crippen LogP contribution is 2.63. The first-order valence-corrected chi connectivity index (χ1v) is 12.8. The van der Waals surface area contributed by atoms with Crippen molar-refractivity contribution in [2.75, 3.05) is 0 Å². The molecule has 3 aromatic rings. The van der Waals surface area contributed by atoms with E-state index >= 15 is 0 Å². The minimum Gasteiger partial charge on any atom is -0.0842 e. The van der Waals surface area contributed by atoms with E-state index in [0.29, 0.717) is 0 Å². The van der Waals surface area contributed by atoms with Crippen molar-refractivity contribution in [2.24, 2.45) is 0 Å². The Labute approximate surface area is 158 Å². The van der Waals surface area contributed by atoms with E-state index in [1.807, 2.05) is 0 Å². The van der Waals surface area contributed by atoms with Gasteiger partial charge in [0.25, 0.3) is 0 Å². The minimum absolute atomic E-state index is 1.07. The van der Waals surface area contributed by atoms with Gasteiger partial charge >= 0.3 is 0 Å². The Bertz CT molecular complexity index is 753. The molecule has 0 aliphatic heterocycles. The molecule has 0 amide bonds. The molecule has 0 fully saturated rings. The fraction of sp³-hybridized carbons (Fsp3) is 0.0909. The molecule has 0 N–H and O–H groups in total. The van der Waals surface area contributed by atoms with Crippen LogP contribution in [0, 0.1) is 0 Å². The Kier molecular flexibility index (Phi) is 5.86. The second-order valence-corrected chi connectivity index (χ2v) is 12.7. The van der Waals surface area contributed by atoms with Crippen LogP contribution in [0.15, 0.2) is 91.0 Å². The quantitative estimate of drug-likeness (QED) is 0.348. The molecule has 120 valence electrons. The molecule has 0 atom stereocenters. The van der Waals surface area contributed by atoms with Crippen LogP contribution in [0.2, 0.25) is 0 Å². The summed E-state index contributed by atoms with van der Waals surface area (Å²) in [6, 6.07) is 30.9. The maximum Gasteiger partial charge on any atom is 0.173 e. The number of benzene rings is 3. The van der Waals surface area contributed by atoms with Crippen molar-refractivity contribution in [2.45, 2.75) is 13.3 Å². The van der Waals surface area contributed by atoms with E-state index < -0.39 is 4.90 Å². The molecule has 0 aromatic heterocycles. The maximum absolute atomic E-state index is 2.71. The molecule has 0 unspecified atom stereocenters. The summed E-state index contributed by atoms with van der Waals surface area (Å²) in [4.78, 5) is -1.63. The van der Waals surface area contributed by atoms with E-state index in [2.05, 4.69) is 126 Å². The van der Waals surface area contributed by atoms with Gasteiger partial charge in [-0.2, -0.15) is 0 Å². The van der Waals surface area contributed by atoms with Crippen molar-refractivity contribution in [3.8, 4) is 0 Å². The van der Waals surface area contributed by atoms with Crippen molar-refractivity contribution in [1.82, 2.24) is 0 Å². The van der Waals surface area contributed by atoms with Gasteiger partial charge in [0.05, 0.1) is 0 Å². The zero-order valence-electron chi connectivity index (χ0n) is 13.8. The molecule has 24 heavy (non-hydrogen) atoms. The number of hydrogen-bond donors (Lipinski definition) is 0. The van der Waals surface area contributed by atoms with Gasteiger partial charge in [-0.25, -0.2) is 0 Å². The van der Waals surface area contributed by atoms with E-state index in [4.69, 9.17) is 0 Å². The molecule has 2 heteroatoms. The van der Waals surface area contributed by atoms with Crippen LogP contribution in [0.25, 0.3) is 6.08 Å². The van der Waals surface area contributed by atoms with Crippen LogP contribution in [0.4, 0.5) is 0 Å². The Balaban J connectivity index is 2.11. The molecule has 0 radical (unpaired) electrons. The molecular formula is C22H21IP+. The zero-order valence-corrected chi connectivity index (χ0v) is 16.8. The van der Waals surface area contributed by atoms with Crippen molar-refractivity contribution >= 4 is 48.9 Å². The van der Waals surface area contributed by atoms with Crippen molar-refractivity contribution < 1.29 is 0 Å². The fourth-order valence-corrected chi connectivity index (χ4v) is 8.27. The number of hydrogen-bond acceptors (Lipinski definition) is 0. The summed E-state index contributed by atoms with van der Waals surface area (Å²) in [6.07, 6.45) is 5.47. The van der Waals surface area contributed by atoms with Gasteiger partial charge in [0.15, 0.2) is 26.9 Å². The van der Waals surface area contributed by atoms with Gasteiger partial charge in [-0.3, -0.25) is 0 Å². The average molecular weight is 443 g/mol. The van der Waals surface area contributed by atoms with Gasteiger partial charge in [0, 0.05) is 0 Å². The third-order valence-corrected chi connectivity index (χ3v) is 12.1. The second-order valence-electron chi connectivity index (χ2n) is 5.66. The van der Waals surface area contributed by atoms with Crippen LogP contribution in [0.3, 0.4) is 0 Å². The van der Waals surface area contributed by atoms with E-state index in [9.17, 15) is 0 Å². The lowest BCUT2D eigenvalue weighted by molar-refractivity contribution is 1.23. The molecule has 3 aromatic carbocycles. The largest absolute Gasteiger partial charge is 0.173 e. The molecule has 0 saturated heterocycles. The van der Waals surface area contributed by atoms with E-state index in [-0.39, 0.29) is 0 Å². The highest BCUT2D eigenvalue weighted by Gasteiger charge is 2.43. The highest BCUT2D eigenvalue weighted by molar-refractivity contribution is 14.2. The van der Waals surface area contributed by atoms with Crippen LogP contribution in [-0.2, 0) is 0 Å². The van der Waals surface area contributed by atoms with Gasteiger partial charge in [0.2, 0.25) is 0 Å². The number of halogens is 1. The first-order chi connectivity index (χ1) is 11.7. The second kappa shape index (κ2) is 8.09. The molecule has 3 rings (SSSR count). The Morgan fingerprint density at radius 3 is 1.62 bits per heavy atom. The lowest BCUT2D eigenvalue weighted by atomic mass is 10.2. The molecule has 0 aliphatic rings. The smallest absolute Gasteiger partial charge is 0.0842 e. The van der Waals surface area contributed by atoms with E-state index in [1.165, 1.54) is 21.5 Å². The van der Waals surface area contributed by atoms with E-state index in [1.54, 1.807) is 0 Å². The summed E-state index contributed by atoms with van der Waals surface area (Å²) < 4.78 is 0. The lowest BCUT2D eigenvalue weighted by Crippen LogP contribution is -2.26. The average Bonchev–Trinajstić information content (AvgIpc) is 2.67. The fourth-order valence-electron chi connectivity index (χ4n) is 2.76. The summed E-state index contributed by atoms with van der Waals surface area (Å²) in [7, 11) is 0. The Morgan fingerprint density at radius 2 is 1.17 bits per heavy atom.